The average Bonchev–Trinajstić information content (AvgIpc) is 2.10. The molecule has 0 aromatic carbocycles. The molecule has 1 rings (SSSR count). The summed E-state index contributed by atoms with van der Waals surface area (Å²) in [6.45, 7) is 8.88. The Balaban J connectivity index is 2.65. The highest BCUT2D eigenvalue weighted by Gasteiger charge is 2.12. The van der Waals surface area contributed by atoms with Gasteiger partial charge in [-0.15, -0.1) is 23.1 Å². The van der Waals surface area contributed by atoms with Crippen LogP contribution in [0.25, 0.3) is 0 Å². The normalized spacial score (nSPS) is 12.0. The van der Waals surface area contributed by atoms with Gasteiger partial charge in [0.1, 0.15) is 0 Å². The Labute approximate surface area is 77.0 Å². The van der Waals surface area contributed by atoms with Gasteiger partial charge in [-0.2, -0.15) is 0 Å². The Kier molecular flexibility index (Phi) is 2.66. The van der Waals surface area contributed by atoms with E-state index in [0.717, 1.165) is 0 Å². The van der Waals surface area contributed by atoms with E-state index >= 15 is 0 Å². The van der Waals surface area contributed by atoms with E-state index in [4.69, 9.17) is 0 Å². The summed E-state index contributed by atoms with van der Waals surface area (Å²) in [7, 11) is 0. The maximum Gasteiger partial charge on any atom is 0.0606 e. The van der Waals surface area contributed by atoms with Crippen LogP contribution in [0, 0.1) is 6.92 Å². The first-order chi connectivity index (χ1) is 4.97. The lowest BCUT2D eigenvalue weighted by atomic mass is 10.3. The minimum absolute atomic E-state index is 0.345. The molecule has 2 heteroatoms. The molecule has 0 aliphatic carbocycles. The first-order valence-corrected chi connectivity index (χ1v) is 5.36. The standard InChI is InChI=1S/C9H14S2/c1-7-5-6-8(10-7)11-9(2,3)4/h5-6H,1-4H3. The molecule has 0 amide bonds. The molecule has 0 N–H and O–H groups in total. The second kappa shape index (κ2) is 3.20. The fraction of sp³-hybridized carbons (Fsp3) is 0.556. The molecule has 0 unspecified atom stereocenters. The molecule has 62 valence electrons. The van der Waals surface area contributed by atoms with Gasteiger partial charge in [0.15, 0.2) is 0 Å². The molecule has 1 heterocycles. The molecule has 0 radical (unpaired) electrons. The molecule has 0 fully saturated rings. The Morgan fingerprint density at radius 1 is 1.27 bits per heavy atom. The van der Waals surface area contributed by atoms with Crippen LogP contribution in [0.2, 0.25) is 0 Å². The van der Waals surface area contributed by atoms with E-state index in [0.29, 0.717) is 4.75 Å². The first kappa shape index (κ1) is 9.14. The van der Waals surface area contributed by atoms with Crippen LogP contribution >= 0.6 is 23.1 Å². The maximum atomic E-state index is 2.24. The van der Waals surface area contributed by atoms with Crippen molar-refractivity contribution < 1.29 is 0 Å². The predicted octanol–water partition coefficient (Wildman–Crippen LogP) is 3.95. The second-order valence-corrected chi connectivity index (χ2v) is 6.99. The van der Waals surface area contributed by atoms with Gasteiger partial charge in [0.2, 0.25) is 0 Å². The lowest BCUT2D eigenvalue weighted by Crippen LogP contribution is -2.05. The number of thioether (sulfide) groups is 1. The third kappa shape index (κ3) is 3.30. The van der Waals surface area contributed by atoms with Gasteiger partial charge in [0.25, 0.3) is 0 Å². The minimum Gasteiger partial charge on any atom is -0.134 e. The van der Waals surface area contributed by atoms with Crippen molar-refractivity contribution in [1.82, 2.24) is 0 Å². The summed E-state index contributed by atoms with van der Waals surface area (Å²) in [5, 5.41) is 0. The summed E-state index contributed by atoms with van der Waals surface area (Å²) in [5.74, 6) is 0. The fourth-order valence-electron chi connectivity index (χ4n) is 0.769. The average molecular weight is 186 g/mol. The van der Waals surface area contributed by atoms with E-state index in [-0.39, 0.29) is 0 Å². The Bertz CT molecular complexity index is 230. The van der Waals surface area contributed by atoms with Crippen LogP contribution in [-0.4, -0.2) is 4.75 Å². The Morgan fingerprint density at radius 2 is 1.91 bits per heavy atom. The molecule has 11 heavy (non-hydrogen) atoms. The van der Waals surface area contributed by atoms with E-state index in [1.54, 1.807) is 0 Å². The van der Waals surface area contributed by atoms with Gasteiger partial charge >= 0.3 is 0 Å². The molecule has 0 bridgehead atoms. The van der Waals surface area contributed by atoms with Gasteiger partial charge < -0.3 is 0 Å². The van der Waals surface area contributed by atoms with Crippen molar-refractivity contribution in [2.45, 2.75) is 36.7 Å². The van der Waals surface area contributed by atoms with Crippen LogP contribution < -0.4 is 0 Å². The van der Waals surface area contributed by atoms with Crippen LogP contribution in [0.15, 0.2) is 16.3 Å². The van der Waals surface area contributed by atoms with Crippen molar-refractivity contribution >= 4 is 23.1 Å². The zero-order valence-corrected chi connectivity index (χ0v) is 9.10. The zero-order valence-electron chi connectivity index (χ0n) is 7.47. The number of aryl methyl sites for hydroxylation is 1. The second-order valence-electron chi connectivity index (χ2n) is 3.58. The molecular formula is C9H14S2. The minimum atomic E-state index is 0.345. The highest BCUT2D eigenvalue weighted by atomic mass is 32.2. The first-order valence-electron chi connectivity index (χ1n) is 3.73. The third-order valence-corrected chi connectivity index (χ3v) is 3.37. The molecule has 0 spiro atoms. The summed E-state index contributed by atoms with van der Waals surface area (Å²) < 4.78 is 1.77. The lowest BCUT2D eigenvalue weighted by molar-refractivity contribution is 0.804. The van der Waals surface area contributed by atoms with Crippen LogP contribution in [0.1, 0.15) is 25.6 Å². The number of hydrogen-bond donors (Lipinski definition) is 0. The predicted molar refractivity (Wildman–Crippen MR) is 54.7 cm³/mol. The number of hydrogen-bond acceptors (Lipinski definition) is 2. The van der Waals surface area contributed by atoms with Crippen molar-refractivity contribution in [3.8, 4) is 0 Å². The molecule has 0 saturated carbocycles. The molecule has 1 aromatic heterocycles. The van der Waals surface area contributed by atoms with Gasteiger partial charge in [-0.25, -0.2) is 0 Å². The van der Waals surface area contributed by atoms with Crippen molar-refractivity contribution in [2.24, 2.45) is 0 Å². The Hall–Kier alpha value is 0.0500. The quantitative estimate of drug-likeness (QED) is 0.598. The highest BCUT2D eigenvalue weighted by molar-refractivity contribution is 8.02. The van der Waals surface area contributed by atoms with E-state index in [1.165, 1.54) is 9.09 Å². The van der Waals surface area contributed by atoms with Gasteiger partial charge in [-0.3, -0.25) is 0 Å². The smallest absolute Gasteiger partial charge is 0.0606 e. The van der Waals surface area contributed by atoms with E-state index in [1.807, 2.05) is 23.1 Å². The summed E-state index contributed by atoms with van der Waals surface area (Å²) in [6.07, 6.45) is 0. The fourth-order valence-corrected chi connectivity index (χ4v) is 3.41. The van der Waals surface area contributed by atoms with E-state index in [9.17, 15) is 0 Å². The molecule has 1 aromatic rings. The van der Waals surface area contributed by atoms with E-state index < -0.39 is 0 Å². The van der Waals surface area contributed by atoms with Crippen LogP contribution in [0.4, 0.5) is 0 Å². The SMILES string of the molecule is Cc1ccc(SC(C)(C)C)s1. The van der Waals surface area contributed by atoms with Gasteiger partial charge in [-0.1, -0.05) is 20.8 Å². The van der Waals surface area contributed by atoms with E-state index in [2.05, 4.69) is 39.8 Å². The van der Waals surface area contributed by atoms with Gasteiger partial charge in [0.05, 0.1) is 4.21 Å². The summed E-state index contributed by atoms with van der Waals surface area (Å²) in [4.78, 5) is 1.40. The third-order valence-electron chi connectivity index (χ3n) is 1.12. The molecule has 0 aliphatic heterocycles. The summed E-state index contributed by atoms with van der Waals surface area (Å²) in [5.41, 5.74) is 0. The lowest BCUT2D eigenvalue weighted by Gasteiger charge is -2.15. The summed E-state index contributed by atoms with van der Waals surface area (Å²) >= 11 is 3.82. The van der Waals surface area contributed by atoms with Crippen LogP contribution in [-0.2, 0) is 0 Å². The molecule has 0 saturated heterocycles. The van der Waals surface area contributed by atoms with Crippen molar-refractivity contribution in [2.75, 3.05) is 0 Å². The number of rotatable bonds is 1. The Morgan fingerprint density at radius 3 is 2.27 bits per heavy atom. The van der Waals surface area contributed by atoms with Crippen molar-refractivity contribution in [3.05, 3.63) is 17.0 Å². The maximum absolute atomic E-state index is 2.24. The molecule has 0 atom stereocenters. The molecule has 0 nitrogen and oxygen atoms in total. The van der Waals surface area contributed by atoms with Crippen molar-refractivity contribution in [3.63, 3.8) is 0 Å². The highest BCUT2D eigenvalue weighted by Crippen LogP contribution is 2.35. The largest absolute Gasteiger partial charge is 0.134 e. The topological polar surface area (TPSA) is 0 Å². The van der Waals surface area contributed by atoms with Gasteiger partial charge in [0, 0.05) is 9.62 Å². The molecular weight excluding hydrogens is 172 g/mol. The number of thiophene rings is 1. The zero-order chi connectivity index (χ0) is 8.48. The van der Waals surface area contributed by atoms with Crippen LogP contribution in [0.5, 0.6) is 0 Å². The van der Waals surface area contributed by atoms with Gasteiger partial charge in [-0.05, 0) is 19.1 Å². The summed E-state index contributed by atoms with van der Waals surface area (Å²) in [6, 6.07) is 4.38. The van der Waals surface area contributed by atoms with Crippen molar-refractivity contribution in [1.29, 1.82) is 0 Å². The monoisotopic (exact) mass is 186 g/mol. The molecule has 0 aliphatic rings. The van der Waals surface area contributed by atoms with Crippen LogP contribution in [0.3, 0.4) is 0 Å².